The Morgan fingerprint density at radius 2 is 2.05 bits per heavy atom. The number of benzene rings is 1. The van der Waals surface area contributed by atoms with Gasteiger partial charge in [-0.1, -0.05) is 18.2 Å². The number of nitrogens with zero attached hydrogens (tertiary/aromatic N) is 1. The van der Waals surface area contributed by atoms with E-state index < -0.39 is 11.9 Å². The van der Waals surface area contributed by atoms with Crippen LogP contribution in [-0.4, -0.2) is 39.8 Å². The number of likely N-dealkylation sites (tertiary alicyclic amines) is 1. The largest absolute Gasteiger partial charge is 0.508 e. The zero-order valence-electron chi connectivity index (χ0n) is 12.0. The minimum absolute atomic E-state index is 0.0104. The van der Waals surface area contributed by atoms with Crippen LogP contribution in [0, 0.1) is 0 Å². The van der Waals surface area contributed by atoms with E-state index in [1.807, 2.05) is 0 Å². The van der Waals surface area contributed by atoms with Crippen molar-refractivity contribution in [3.63, 3.8) is 0 Å². The van der Waals surface area contributed by atoms with Gasteiger partial charge in [-0.2, -0.15) is 0 Å². The molecular weight excluding hydrogens is 272 g/mol. The Labute approximate surface area is 122 Å². The van der Waals surface area contributed by atoms with Gasteiger partial charge in [-0.05, 0) is 19.9 Å². The van der Waals surface area contributed by atoms with Crippen LogP contribution in [0.5, 0.6) is 5.75 Å². The molecule has 1 aromatic rings. The highest BCUT2D eigenvalue weighted by atomic mass is 16.3. The summed E-state index contributed by atoms with van der Waals surface area (Å²) in [5.74, 6) is -1.01. The van der Waals surface area contributed by atoms with E-state index in [1.165, 1.54) is 11.0 Å². The molecule has 1 unspecified atom stereocenters. The molecule has 0 aliphatic carbocycles. The maximum atomic E-state index is 12.1. The number of nitrogens with one attached hydrogen (secondary N) is 1. The fourth-order valence-electron chi connectivity index (χ4n) is 2.38. The van der Waals surface area contributed by atoms with Crippen molar-refractivity contribution in [1.82, 2.24) is 10.2 Å². The molecule has 3 amide bonds. The number of para-hydroxylation sites is 1. The van der Waals surface area contributed by atoms with Gasteiger partial charge in [0, 0.05) is 11.6 Å². The van der Waals surface area contributed by atoms with Crippen molar-refractivity contribution in [2.45, 2.75) is 38.8 Å². The van der Waals surface area contributed by atoms with Gasteiger partial charge in [-0.25, -0.2) is 0 Å². The van der Waals surface area contributed by atoms with Crippen LogP contribution in [0.25, 0.3) is 0 Å². The van der Waals surface area contributed by atoms with Crippen molar-refractivity contribution in [1.29, 1.82) is 0 Å². The lowest BCUT2D eigenvalue weighted by Crippen LogP contribution is -2.44. The standard InChI is InChI=1S/C15H18N2O4/c1-9(2)17-14(20)8-11(15(17)21)16-13(19)7-10-5-3-4-6-12(10)18/h3-6,9,11,18H,7-8H2,1-2H3,(H,16,19). The number of phenols is 1. The number of carbonyl (C=O) groups is 3. The van der Waals surface area contributed by atoms with Crippen LogP contribution < -0.4 is 5.32 Å². The molecule has 0 saturated carbocycles. The van der Waals surface area contributed by atoms with Crippen LogP contribution in [-0.2, 0) is 20.8 Å². The van der Waals surface area contributed by atoms with Crippen molar-refractivity contribution in [2.24, 2.45) is 0 Å². The first-order valence-corrected chi connectivity index (χ1v) is 6.82. The van der Waals surface area contributed by atoms with Crippen LogP contribution >= 0.6 is 0 Å². The van der Waals surface area contributed by atoms with Crippen molar-refractivity contribution < 1.29 is 19.5 Å². The van der Waals surface area contributed by atoms with Gasteiger partial charge in [0.15, 0.2) is 0 Å². The number of rotatable bonds is 4. The molecule has 6 nitrogen and oxygen atoms in total. The van der Waals surface area contributed by atoms with Crippen molar-refractivity contribution in [2.75, 3.05) is 0 Å². The van der Waals surface area contributed by atoms with Crippen molar-refractivity contribution in [3.05, 3.63) is 29.8 Å². The quantitative estimate of drug-likeness (QED) is 0.794. The van der Waals surface area contributed by atoms with E-state index in [2.05, 4.69) is 5.32 Å². The Morgan fingerprint density at radius 1 is 1.38 bits per heavy atom. The number of amides is 3. The summed E-state index contributed by atoms with van der Waals surface area (Å²) in [6.45, 7) is 3.50. The third kappa shape index (κ3) is 3.21. The summed E-state index contributed by atoms with van der Waals surface area (Å²) in [5, 5.41) is 12.2. The van der Waals surface area contributed by atoms with Crippen LogP contribution in [0.4, 0.5) is 0 Å². The SMILES string of the molecule is CC(C)N1C(=O)CC(NC(=O)Cc2ccccc2O)C1=O. The third-order valence-corrected chi connectivity index (χ3v) is 3.38. The molecule has 2 rings (SSSR count). The van der Waals surface area contributed by atoms with Gasteiger partial charge >= 0.3 is 0 Å². The summed E-state index contributed by atoms with van der Waals surface area (Å²) < 4.78 is 0. The molecule has 2 N–H and O–H groups in total. The molecule has 1 atom stereocenters. The number of hydrogen-bond donors (Lipinski definition) is 2. The fraction of sp³-hybridized carbons (Fsp3) is 0.400. The molecule has 6 heteroatoms. The maximum absolute atomic E-state index is 12.1. The van der Waals surface area contributed by atoms with E-state index in [1.54, 1.807) is 32.0 Å². The summed E-state index contributed by atoms with van der Waals surface area (Å²) in [4.78, 5) is 36.9. The highest BCUT2D eigenvalue weighted by Crippen LogP contribution is 2.18. The lowest BCUT2D eigenvalue weighted by Gasteiger charge is -2.19. The lowest BCUT2D eigenvalue weighted by molar-refractivity contribution is -0.141. The van der Waals surface area contributed by atoms with Gasteiger partial charge in [-0.15, -0.1) is 0 Å². The third-order valence-electron chi connectivity index (χ3n) is 3.38. The summed E-state index contributed by atoms with van der Waals surface area (Å²) >= 11 is 0. The molecule has 1 saturated heterocycles. The van der Waals surface area contributed by atoms with E-state index in [0.717, 1.165) is 0 Å². The first-order chi connectivity index (χ1) is 9.90. The van der Waals surface area contributed by atoms with Gasteiger partial charge in [0.05, 0.1) is 12.8 Å². The molecule has 1 heterocycles. The van der Waals surface area contributed by atoms with Gasteiger partial charge in [0.2, 0.25) is 11.8 Å². The number of carbonyl (C=O) groups excluding carboxylic acids is 3. The number of aromatic hydroxyl groups is 1. The predicted octanol–water partition coefficient (Wildman–Crippen LogP) is 0.587. The average molecular weight is 290 g/mol. The van der Waals surface area contributed by atoms with Crippen LogP contribution in [0.2, 0.25) is 0 Å². The molecule has 21 heavy (non-hydrogen) atoms. The molecular formula is C15H18N2O4. The lowest BCUT2D eigenvalue weighted by atomic mass is 10.1. The number of hydrogen-bond acceptors (Lipinski definition) is 4. The average Bonchev–Trinajstić information content (AvgIpc) is 2.67. The van der Waals surface area contributed by atoms with Crippen molar-refractivity contribution in [3.8, 4) is 5.75 Å². The molecule has 0 spiro atoms. The van der Waals surface area contributed by atoms with E-state index in [0.29, 0.717) is 5.56 Å². The Hall–Kier alpha value is -2.37. The van der Waals surface area contributed by atoms with Crippen molar-refractivity contribution >= 4 is 17.7 Å². The Balaban J connectivity index is 2.00. The first-order valence-electron chi connectivity index (χ1n) is 6.82. The number of imide groups is 1. The smallest absolute Gasteiger partial charge is 0.252 e. The second-order valence-corrected chi connectivity index (χ2v) is 5.33. The highest BCUT2D eigenvalue weighted by Gasteiger charge is 2.40. The molecule has 0 bridgehead atoms. The topological polar surface area (TPSA) is 86.7 Å². The molecule has 1 aliphatic heterocycles. The zero-order valence-corrected chi connectivity index (χ0v) is 12.0. The predicted molar refractivity (Wildman–Crippen MR) is 75.3 cm³/mol. The Bertz CT molecular complexity index is 583. The van der Waals surface area contributed by atoms with Crippen LogP contribution in [0.15, 0.2) is 24.3 Å². The monoisotopic (exact) mass is 290 g/mol. The highest BCUT2D eigenvalue weighted by molar-refractivity contribution is 6.07. The molecule has 0 radical (unpaired) electrons. The summed E-state index contributed by atoms with van der Waals surface area (Å²) in [5.41, 5.74) is 0.479. The van der Waals surface area contributed by atoms with E-state index in [9.17, 15) is 19.5 Å². The molecule has 1 fully saturated rings. The number of phenolic OH excluding ortho intramolecular Hbond substituents is 1. The molecule has 0 aromatic heterocycles. The normalized spacial score (nSPS) is 18.4. The summed E-state index contributed by atoms with van der Waals surface area (Å²) in [6, 6.07) is 5.48. The Kier molecular flexibility index (Phi) is 4.26. The molecule has 1 aromatic carbocycles. The second kappa shape index (κ2) is 5.95. The van der Waals surface area contributed by atoms with Gasteiger partial charge in [0.25, 0.3) is 5.91 Å². The zero-order chi connectivity index (χ0) is 15.6. The summed E-state index contributed by atoms with van der Waals surface area (Å²) in [6.07, 6.45) is -0.0458. The van der Waals surface area contributed by atoms with E-state index in [-0.39, 0.29) is 36.4 Å². The van der Waals surface area contributed by atoms with Gasteiger partial charge in [0.1, 0.15) is 11.8 Å². The first kappa shape index (κ1) is 15.0. The van der Waals surface area contributed by atoms with Crippen LogP contribution in [0.3, 0.4) is 0 Å². The minimum Gasteiger partial charge on any atom is -0.508 e. The van der Waals surface area contributed by atoms with E-state index in [4.69, 9.17) is 0 Å². The van der Waals surface area contributed by atoms with Gasteiger partial charge in [-0.3, -0.25) is 19.3 Å². The van der Waals surface area contributed by atoms with E-state index >= 15 is 0 Å². The van der Waals surface area contributed by atoms with Gasteiger partial charge < -0.3 is 10.4 Å². The Morgan fingerprint density at radius 3 is 2.62 bits per heavy atom. The van der Waals surface area contributed by atoms with Crippen LogP contribution in [0.1, 0.15) is 25.8 Å². The molecule has 112 valence electrons. The molecule has 1 aliphatic rings. The minimum atomic E-state index is -0.807. The summed E-state index contributed by atoms with van der Waals surface area (Å²) in [7, 11) is 0. The maximum Gasteiger partial charge on any atom is 0.252 e. The fourth-order valence-corrected chi connectivity index (χ4v) is 2.38. The second-order valence-electron chi connectivity index (χ2n) is 5.33.